The van der Waals surface area contributed by atoms with E-state index in [1.54, 1.807) is 0 Å². The molecule has 1 atom stereocenters. The van der Waals surface area contributed by atoms with Crippen molar-refractivity contribution in [3.63, 3.8) is 0 Å². The Bertz CT molecular complexity index is 1080. The summed E-state index contributed by atoms with van der Waals surface area (Å²) >= 11 is 0. The van der Waals surface area contributed by atoms with Crippen LogP contribution in [0.5, 0.6) is 0 Å². The number of para-hydroxylation sites is 1. The predicted octanol–water partition coefficient (Wildman–Crippen LogP) is 3.69. The van der Waals surface area contributed by atoms with E-state index in [2.05, 4.69) is 5.32 Å². The molecule has 2 aromatic carbocycles. The molecule has 0 aliphatic rings. The molecule has 0 aromatic heterocycles. The molecule has 35 heavy (non-hydrogen) atoms. The minimum atomic E-state index is -3.75. The maximum atomic E-state index is 13.7. The van der Waals surface area contributed by atoms with Crippen molar-refractivity contribution < 1.29 is 18.0 Å². The molecule has 8 heteroatoms. The van der Waals surface area contributed by atoms with Crippen LogP contribution >= 0.6 is 0 Å². The molecule has 0 spiro atoms. The normalized spacial score (nSPS) is 12.3. The molecule has 0 aliphatic heterocycles. The minimum absolute atomic E-state index is 0.222. The highest BCUT2D eigenvalue weighted by Gasteiger charge is 2.32. The van der Waals surface area contributed by atoms with Gasteiger partial charge in [-0.1, -0.05) is 69.3 Å². The third kappa shape index (κ3) is 8.09. The van der Waals surface area contributed by atoms with Gasteiger partial charge in [0, 0.05) is 13.1 Å². The lowest BCUT2D eigenvalue weighted by Gasteiger charge is -2.33. The first kappa shape index (κ1) is 28.4. The molecule has 1 N–H and O–H groups in total. The molecule has 2 aromatic rings. The van der Waals surface area contributed by atoms with Gasteiger partial charge in [-0.25, -0.2) is 8.42 Å². The Morgan fingerprint density at radius 1 is 0.971 bits per heavy atom. The number of sulfonamides is 1. The maximum Gasteiger partial charge on any atom is 0.244 e. The minimum Gasteiger partial charge on any atom is -0.354 e. The Kier molecular flexibility index (Phi) is 10.3. The summed E-state index contributed by atoms with van der Waals surface area (Å²) in [7, 11) is -3.75. The molecule has 0 saturated carbocycles. The van der Waals surface area contributed by atoms with E-state index >= 15 is 0 Å². The van der Waals surface area contributed by atoms with Crippen molar-refractivity contribution in [1.82, 2.24) is 10.2 Å². The van der Waals surface area contributed by atoms with Crippen molar-refractivity contribution in [1.29, 1.82) is 0 Å². The zero-order chi connectivity index (χ0) is 26.2. The molecule has 192 valence electrons. The third-order valence-electron chi connectivity index (χ3n) is 5.92. The fraction of sp³-hybridized carbons (Fsp3) is 0.481. The van der Waals surface area contributed by atoms with Crippen molar-refractivity contribution >= 4 is 27.5 Å². The number of anilines is 1. The number of rotatable bonds is 12. The first-order valence-corrected chi connectivity index (χ1v) is 14.0. The van der Waals surface area contributed by atoms with E-state index in [9.17, 15) is 18.0 Å². The molecule has 2 rings (SSSR count). The van der Waals surface area contributed by atoms with Gasteiger partial charge in [0.25, 0.3) is 0 Å². The van der Waals surface area contributed by atoms with E-state index in [0.29, 0.717) is 31.6 Å². The Labute approximate surface area is 210 Å². The lowest BCUT2D eigenvalue weighted by atomic mass is 10.1. The number of benzene rings is 2. The van der Waals surface area contributed by atoms with Crippen molar-refractivity contribution in [2.24, 2.45) is 5.92 Å². The first-order valence-electron chi connectivity index (χ1n) is 12.1. The van der Waals surface area contributed by atoms with Crippen LogP contribution in [0.15, 0.2) is 48.5 Å². The molecule has 0 aliphatic carbocycles. The van der Waals surface area contributed by atoms with Gasteiger partial charge in [0.1, 0.15) is 12.6 Å². The van der Waals surface area contributed by atoms with Crippen LogP contribution in [0.4, 0.5) is 5.69 Å². The van der Waals surface area contributed by atoms with Crippen molar-refractivity contribution in [3.05, 3.63) is 65.2 Å². The molecule has 7 nitrogen and oxygen atoms in total. The average molecular weight is 502 g/mol. The molecule has 1 unspecified atom stereocenters. The van der Waals surface area contributed by atoms with Gasteiger partial charge < -0.3 is 10.2 Å². The van der Waals surface area contributed by atoms with Crippen LogP contribution in [0.3, 0.4) is 0 Å². The van der Waals surface area contributed by atoms with Gasteiger partial charge in [-0.2, -0.15) is 0 Å². The van der Waals surface area contributed by atoms with Gasteiger partial charge in [0.15, 0.2) is 0 Å². The number of carbonyl (C=O) groups is 2. The zero-order valence-corrected chi connectivity index (χ0v) is 22.6. The van der Waals surface area contributed by atoms with Gasteiger partial charge in [-0.05, 0) is 49.3 Å². The van der Waals surface area contributed by atoms with E-state index in [1.165, 1.54) is 4.90 Å². The summed E-state index contributed by atoms with van der Waals surface area (Å²) in [5, 5.41) is 2.94. The van der Waals surface area contributed by atoms with Crippen LogP contribution in [0.25, 0.3) is 0 Å². The number of carbonyl (C=O) groups excluding carboxylic acids is 2. The highest BCUT2D eigenvalue weighted by atomic mass is 32.2. The monoisotopic (exact) mass is 501 g/mol. The van der Waals surface area contributed by atoms with E-state index in [0.717, 1.165) is 27.3 Å². The Morgan fingerprint density at radius 2 is 1.57 bits per heavy atom. The maximum absolute atomic E-state index is 13.7. The molecule has 2 amide bonds. The second kappa shape index (κ2) is 12.7. The smallest absolute Gasteiger partial charge is 0.244 e. The molecule has 0 radical (unpaired) electrons. The average Bonchev–Trinajstić information content (AvgIpc) is 2.79. The van der Waals surface area contributed by atoms with E-state index in [4.69, 9.17) is 0 Å². The SMILES string of the molecule is CCC(C(=O)NCC(C)C)N(CCc1ccccc1)C(=O)CN(c1c(C)cccc1C)S(C)(=O)=O. The predicted molar refractivity (Wildman–Crippen MR) is 142 cm³/mol. The van der Waals surface area contributed by atoms with Gasteiger partial charge in [0.2, 0.25) is 21.8 Å². The topological polar surface area (TPSA) is 86.8 Å². The largest absolute Gasteiger partial charge is 0.354 e. The first-order chi connectivity index (χ1) is 16.5. The molecular formula is C27H39N3O4S. The number of nitrogens with one attached hydrogen (secondary N) is 1. The standard InChI is InChI=1S/C27H39N3O4S/c1-7-24(27(32)28-18-20(2)3)29(17-16-23-14-9-8-10-15-23)25(31)19-30(35(6,33)34)26-21(4)12-11-13-22(26)5/h8-15,20,24H,7,16-19H2,1-6H3,(H,28,32). The van der Waals surface area contributed by atoms with Crippen LogP contribution in [0.2, 0.25) is 0 Å². The molecular weight excluding hydrogens is 462 g/mol. The summed E-state index contributed by atoms with van der Waals surface area (Å²) in [5.41, 5.74) is 3.07. The summed E-state index contributed by atoms with van der Waals surface area (Å²) in [6.07, 6.45) is 2.09. The summed E-state index contributed by atoms with van der Waals surface area (Å²) in [6, 6.07) is 14.6. The zero-order valence-electron chi connectivity index (χ0n) is 21.7. The molecule has 0 bridgehead atoms. The molecule has 0 saturated heterocycles. The van der Waals surface area contributed by atoms with Crippen molar-refractivity contribution in [3.8, 4) is 0 Å². The quantitative estimate of drug-likeness (QED) is 0.481. The fourth-order valence-corrected chi connectivity index (χ4v) is 5.06. The molecule has 0 fully saturated rings. The van der Waals surface area contributed by atoms with Crippen LogP contribution in [0, 0.1) is 19.8 Å². The number of hydrogen-bond acceptors (Lipinski definition) is 4. The highest BCUT2D eigenvalue weighted by Crippen LogP contribution is 2.27. The van der Waals surface area contributed by atoms with Crippen molar-refractivity contribution in [2.45, 2.75) is 53.5 Å². The second-order valence-corrected chi connectivity index (χ2v) is 11.3. The summed E-state index contributed by atoms with van der Waals surface area (Å²) in [6.45, 7) is 9.98. The Balaban J connectivity index is 2.40. The van der Waals surface area contributed by atoms with Gasteiger partial charge in [0.05, 0.1) is 11.9 Å². The number of amides is 2. The summed E-state index contributed by atoms with van der Waals surface area (Å²) in [4.78, 5) is 28.3. The Morgan fingerprint density at radius 3 is 2.09 bits per heavy atom. The number of nitrogens with zero attached hydrogens (tertiary/aromatic N) is 2. The summed E-state index contributed by atoms with van der Waals surface area (Å²) < 4.78 is 26.8. The fourth-order valence-electron chi connectivity index (χ4n) is 4.09. The van der Waals surface area contributed by atoms with Crippen molar-refractivity contribution in [2.75, 3.05) is 30.2 Å². The van der Waals surface area contributed by atoms with Gasteiger partial charge in [-0.15, -0.1) is 0 Å². The number of aryl methyl sites for hydroxylation is 2. The Hall–Kier alpha value is -2.87. The lowest BCUT2D eigenvalue weighted by Crippen LogP contribution is -2.53. The number of hydrogen-bond donors (Lipinski definition) is 1. The second-order valence-electron chi connectivity index (χ2n) is 9.40. The molecule has 0 heterocycles. The lowest BCUT2D eigenvalue weighted by molar-refractivity contribution is -0.139. The van der Waals surface area contributed by atoms with Crippen LogP contribution in [-0.4, -0.2) is 57.1 Å². The summed E-state index contributed by atoms with van der Waals surface area (Å²) in [5.74, 6) is -0.351. The van der Waals surface area contributed by atoms with Gasteiger partial charge in [-0.3, -0.25) is 13.9 Å². The van der Waals surface area contributed by atoms with Crippen LogP contribution in [0.1, 0.15) is 43.9 Å². The van der Waals surface area contributed by atoms with E-state index < -0.39 is 22.0 Å². The van der Waals surface area contributed by atoms with E-state index in [1.807, 2.05) is 83.1 Å². The van der Waals surface area contributed by atoms with Crippen LogP contribution in [-0.2, 0) is 26.0 Å². The van der Waals surface area contributed by atoms with E-state index in [-0.39, 0.29) is 18.4 Å². The highest BCUT2D eigenvalue weighted by molar-refractivity contribution is 7.92. The van der Waals surface area contributed by atoms with Gasteiger partial charge >= 0.3 is 0 Å². The third-order valence-corrected chi connectivity index (χ3v) is 7.04. The van der Waals surface area contributed by atoms with Crippen LogP contribution < -0.4 is 9.62 Å².